The van der Waals surface area contributed by atoms with Crippen molar-refractivity contribution < 1.29 is 0 Å². The Bertz CT molecular complexity index is 267. The van der Waals surface area contributed by atoms with Crippen LogP contribution >= 0.6 is 11.8 Å². The summed E-state index contributed by atoms with van der Waals surface area (Å²) in [6.07, 6.45) is 5.45. The molecule has 0 bridgehead atoms. The number of hydrogen-bond donors (Lipinski definition) is 1. The minimum absolute atomic E-state index is 0.773. The van der Waals surface area contributed by atoms with Gasteiger partial charge in [0.25, 0.3) is 0 Å². The van der Waals surface area contributed by atoms with Crippen LogP contribution in [0.5, 0.6) is 0 Å². The van der Waals surface area contributed by atoms with Gasteiger partial charge < -0.3 is 5.32 Å². The number of rotatable bonds is 4. The lowest BCUT2D eigenvalue weighted by molar-refractivity contribution is 0.395. The second kappa shape index (κ2) is 6.19. The topological polar surface area (TPSA) is 12.0 Å². The highest BCUT2D eigenvalue weighted by atomic mass is 32.2. The Balaban J connectivity index is 1.66. The van der Waals surface area contributed by atoms with E-state index in [1.165, 1.54) is 42.9 Å². The Kier molecular flexibility index (Phi) is 4.55. The van der Waals surface area contributed by atoms with E-state index in [0.29, 0.717) is 0 Å². The van der Waals surface area contributed by atoms with Gasteiger partial charge in [-0.2, -0.15) is 0 Å². The van der Waals surface area contributed by atoms with Crippen LogP contribution in [0.2, 0.25) is 0 Å². The number of benzene rings is 1. The predicted octanol–water partition coefficient (Wildman–Crippen LogP) is 3.31. The van der Waals surface area contributed by atoms with Crippen molar-refractivity contribution in [1.29, 1.82) is 0 Å². The second-order valence-corrected chi connectivity index (χ2v) is 5.27. The summed E-state index contributed by atoms with van der Waals surface area (Å²) >= 11 is 1.97. The van der Waals surface area contributed by atoms with Gasteiger partial charge in [-0.3, -0.25) is 0 Å². The van der Waals surface area contributed by atoms with Gasteiger partial charge in [0.1, 0.15) is 0 Å². The third-order valence-electron chi connectivity index (χ3n) is 2.89. The molecule has 1 heterocycles. The molecular formula is C13H19NS. The van der Waals surface area contributed by atoms with E-state index in [1.54, 1.807) is 0 Å². The maximum atomic E-state index is 3.59. The largest absolute Gasteiger partial charge is 0.314 e. The van der Waals surface area contributed by atoms with Crippen molar-refractivity contribution >= 4 is 11.8 Å². The molecule has 2 heteroatoms. The van der Waals surface area contributed by atoms with E-state index in [4.69, 9.17) is 0 Å². The van der Waals surface area contributed by atoms with Crippen LogP contribution in [-0.4, -0.2) is 18.3 Å². The molecule has 1 atom stereocenters. The predicted molar refractivity (Wildman–Crippen MR) is 67.4 cm³/mol. The van der Waals surface area contributed by atoms with Crippen molar-refractivity contribution in [2.45, 2.75) is 36.6 Å². The molecule has 1 aliphatic heterocycles. The van der Waals surface area contributed by atoms with E-state index in [9.17, 15) is 0 Å². The van der Waals surface area contributed by atoms with Crippen LogP contribution in [0.15, 0.2) is 35.2 Å². The zero-order valence-electron chi connectivity index (χ0n) is 9.11. The molecule has 0 amide bonds. The quantitative estimate of drug-likeness (QED) is 0.783. The summed E-state index contributed by atoms with van der Waals surface area (Å²) in [6, 6.07) is 11.5. The fourth-order valence-corrected chi connectivity index (χ4v) is 2.99. The molecule has 0 radical (unpaired) electrons. The van der Waals surface area contributed by atoms with Gasteiger partial charge in [0.15, 0.2) is 0 Å². The molecule has 15 heavy (non-hydrogen) atoms. The summed E-state index contributed by atoms with van der Waals surface area (Å²) in [4.78, 5) is 1.40. The Labute approximate surface area is 96.7 Å². The third-order valence-corrected chi connectivity index (χ3v) is 3.94. The molecule has 0 aliphatic carbocycles. The van der Waals surface area contributed by atoms with Crippen molar-refractivity contribution in [3.63, 3.8) is 0 Å². The van der Waals surface area contributed by atoms with E-state index in [0.717, 1.165) is 6.04 Å². The number of hydrogen-bond acceptors (Lipinski definition) is 2. The van der Waals surface area contributed by atoms with Crippen molar-refractivity contribution in [2.75, 3.05) is 12.3 Å². The minimum Gasteiger partial charge on any atom is -0.314 e. The SMILES string of the molecule is c1ccc(SCCC2CCCCN2)cc1. The van der Waals surface area contributed by atoms with Crippen LogP contribution < -0.4 is 5.32 Å². The van der Waals surface area contributed by atoms with Crippen molar-refractivity contribution in [1.82, 2.24) is 5.32 Å². The first-order valence-electron chi connectivity index (χ1n) is 5.86. The van der Waals surface area contributed by atoms with Crippen molar-refractivity contribution in [3.8, 4) is 0 Å². The molecule has 0 saturated carbocycles. The molecule has 82 valence electrons. The fraction of sp³-hybridized carbons (Fsp3) is 0.538. The van der Waals surface area contributed by atoms with Crippen LogP contribution in [0, 0.1) is 0 Å². The molecule has 0 spiro atoms. The number of thioether (sulfide) groups is 1. The second-order valence-electron chi connectivity index (χ2n) is 4.10. The van der Waals surface area contributed by atoms with Gasteiger partial charge in [0, 0.05) is 10.9 Å². The van der Waals surface area contributed by atoms with Crippen molar-refractivity contribution in [3.05, 3.63) is 30.3 Å². The third kappa shape index (κ3) is 3.88. The van der Waals surface area contributed by atoms with Gasteiger partial charge in [-0.05, 0) is 43.7 Å². The summed E-state index contributed by atoms with van der Waals surface area (Å²) in [5, 5.41) is 3.59. The van der Waals surface area contributed by atoms with E-state index >= 15 is 0 Å². The monoisotopic (exact) mass is 221 g/mol. The molecule has 1 unspecified atom stereocenters. The highest BCUT2D eigenvalue weighted by Crippen LogP contribution is 2.20. The number of piperidine rings is 1. The van der Waals surface area contributed by atoms with Gasteiger partial charge in [0.2, 0.25) is 0 Å². The summed E-state index contributed by atoms with van der Waals surface area (Å²) in [6.45, 7) is 1.22. The lowest BCUT2D eigenvalue weighted by Crippen LogP contribution is -2.34. The first kappa shape index (κ1) is 11.0. The summed E-state index contributed by atoms with van der Waals surface area (Å²) in [5.74, 6) is 1.24. The maximum absolute atomic E-state index is 3.59. The van der Waals surface area contributed by atoms with E-state index in [-0.39, 0.29) is 0 Å². The average molecular weight is 221 g/mol. The maximum Gasteiger partial charge on any atom is 0.00750 e. The average Bonchev–Trinajstić information content (AvgIpc) is 2.32. The Morgan fingerprint density at radius 3 is 2.80 bits per heavy atom. The lowest BCUT2D eigenvalue weighted by atomic mass is 10.0. The van der Waals surface area contributed by atoms with Crippen LogP contribution in [-0.2, 0) is 0 Å². The van der Waals surface area contributed by atoms with Crippen molar-refractivity contribution in [2.24, 2.45) is 0 Å². The van der Waals surface area contributed by atoms with E-state index in [2.05, 4.69) is 35.6 Å². The first-order chi connectivity index (χ1) is 7.45. The zero-order valence-corrected chi connectivity index (χ0v) is 9.93. The van der Waals surface area contributed by atoms with Gasteiger partial charge in [-0.15, -0.1) is 11.8 Å². The number of nitrogens with one attached hydrogen (secondary N) is 1. The fourth-order valence-electron chi connectivity index (χ4n) is 2.01. The molecule has 1 saturated heterocycles. The molecule has 1 aliphatic rings. The zero-order chi connectivity index (χ0) is 10.3. The highest BCUT2D eigenvalue weighted by Gasteiger charge is 2.11. The van der Waals surface area contributed by atoms with Gasteiger partial charge in [0.05, 0.1) is 0 Å². The van der Waals surface area contributed by atoms with Crippen LogP contribution in [0.25, 0.3) is 0 Å². The molecule has 0 aromatic heterocycles. The lowest BCUT2D eigenvalue weighted by Gasteiger charge is -2.23. The molecule has 1 N–H and O–H groups in total. The highest BCUT2D eigenvalue weighted by molar-refractivity contribution is 7.99. The standard InChI is InChI=1S/C13H19NS/c1-2-7-13(8-3-1)15-11-9-12-6-4-5-10-14-12/h1-3,7-8,12,14H,4-6,9-11H2. The molecular weight excluding hydrogens is 202 g/mol. The summed E-state index contributed by atoms with van der Waals surface area (Å²) in [7, 11) is 0. The first-order valence-corrected chi connectivity index (χ1v) is 6.85. The Morgan fingerprint density at radius 2 is 2.07 bits per heavy atom. The van der Waals surface area contributed by atoms with Gasteiger partial charge in [-0.1, -0.05) is 24.6 Å². The Hall–Kier alpha value is -0.470. The van der Waals surface area contributed by atoms with Crippen LogP contribution in [0.1, 0.15) is 25.7 Å². The molecule has 1 aromatic carbocycles. The normalized spacial score (nSPS) is 21.5. The van der Waals surface area contributed by atoms with Crippen LogP contribution in [0.3, 0.4) is 0 Å². The minimum atomic E-state index is 0.773. The van der Waals surface area contributed by atoms with Gasteiger partial charge in [-0.25, -0.2) is 0 Å². The van der Waals surface area contributed by atoms with E-state index in [1.807, 2.05) is 11.8 Å². The molecule has 2 rings (SSSR count). The molecule has 1 fully saturated rings. The van der Waals surface area contributed by atoms with Crippen LogP contribution in [0.4, 0.5) is 0 Å². The molecule has 1 aromatic rings. The Morgan fingerprint density at radius 1 is 1.20 bits per heavy atom. The summed E-state index contributed by atoms with van der Waals surface area (Å²) in [5.41, 5.74) is 0. The summed E-state index contributed by atoms with van der Waals surface area (Å²) < 4.78 is 0. The molecule has 1 nitrogen and oxygen atoms in total. The van der Waals surface area contributed by atoms with Gasteiger partial charge >= 0.3 is 0 Å². The van der Waals surface area contributed by atoms with E-state index < -0.39 is 0 Å². The smallest absolute Gasteiger partial charge is 0.00750 e.